The van der Waals surface area contributed by atoms with E-state index in [1.165, 1.54) is 0 Å². The molecule has 0 aromatic carbocycles. The van der Waals surface area contributed by atoms with Gasteiger partial charge in [0.15, 0.2) is 0 Å². The van der Waals surface area contributed by atoms with Crippen molar-refractivity contribution in [2.45, 2.75) is 13.0 Å². The minimum Gasteiger partial charge on any atom is -0.383 e. The zero-order valence-electron chi connectivity index (χ0n) is 10.3. The Kier molecular flexibility index (Phi) is 5.38. The van der Waals surface area contributed by atoms with Crippen molar-refractivity contribution in [3.05, 3.63) is 29.6 Å². The van der Waals surface area contributed by atoms with Crippen LogP contribution in [0.1, 0.15) is 17.3 Å². The van der Waals surface area contributed by atoms with E-state index in [2.05, 4.69) is 23.0 Å². The summed E-state index contributed by atoms with van der Waals surface area (Å²) in [7, 11) is 3.76. The highest BCUT2D eigenvalue weighted by Crippen LogP contribution is 2.16. The maximum atomic E-state index is 5.81. The molecule has 4 nitrogen and oxygen atoms in total. The van der Waals surface area contributed by atoms with Gasteiger partial charge in [0.05, 0.1) is 6.61 Å². The molecule has 1 rings (SSSR count). The summed E-state index contributed by atoms with van der Waals surface area (Å²) in [6, 6.07) is 4.31. The van der Waals surface area contributed by atoms with Crippen molar-refractivity contribution in [1.82, 2.24) is 9.88 Å². The molecule has 1 aromatic rings. The third-order valence-electron chi connectivity index (χ3n) is 2.72. The smallest absolute Gasteiger partial charge is 0.0589 e. The SMILES string of the molecule is COCCN(C)C(CN)c1ccc(C)nc1. The van der Waals surface area contributed by atoms with Crippen molar-refractivity contribution in [2.75, 3.05) is 33.9 Å². The van der Waals surface area contributed by atoms with Crippen LogP contribution >= 0.6 is 0 Å². The Labute approximate surface area is 97.4 Å². The Morgan fingerprint density at radius 1 is 1.50 bits per heavy atom. The van der Waals surface area contributed by atoms with Crippen molar-refractivity contribution in [2.24, 2.45) is 5.73 Å². The molecule has 0 amide bonds. The van der Waals surface area contributed by atoms with Gasteiger partial charge in [-0.1, -0.05) is 6.07 Å². The Balaban J connectivity index is 2.69. The number of nitrogens with zero attached hydrogens (tertiary/aromatic N) is 2. The van der Waals surface area contributed by atoms with Crippen LogP contribution in [0.4, 0.5) is 0 Å². The number of rotatable bonds is 6. The lowest BCUT2D eigenvalue weighted by atomic mass is 10.1. The molecule has 16 heavy (non-hydrogen) atoms. The second-order valence-electron chi connectivity index (χ2n) is 3.96. The molecule has 0 saturated carbocycles. The summed E-state index contributed by atoms with van der Waals surface area (Å²) in [5, 5.41) is 0. The summed E-state index contributed by atoms with van der Waals surface area (Å²) in [4.78, 5) is 6.49. The molecule has 0 bridgehead atoms. The lowest BCUT2D eigenvalue weighted by Gasteiger charge is -2.26. The Morgan fingerprint density at radius 3 is 2.75 bits per heavy atom. The fraction of sp³-hybridized carbons (Fsp3) is 0.583. The van der Waals surface area contributed by atoms with E-state index in [9.17, 15) is 0 Å². The van der Waals surface area contributed by atoms with Crippen molar-refractivity contribution in [3.63, 3.8) is 0 Å². The largest absolute Gasteiger partial charge is 0.383 e. The molecule has 0 saturated heterocycles. The second kappa shape index (κ2) is 6.58. The van der Waals surface area contributed by atoms with E-state index in [0.29, 0.717) is 13.2 Å². The summed E-state index contributed by atoms with van der Waals surface area (Å²) in [6.07, 6.45) is 1.90. The summed E-state index contributed by atoms with van der Waals surface area (Å²) >= 11 is 0. The fourth-order valence-corrected chi connectivity index (χ4v) is 1.64. The van der Waals surface area contributed by atoms with Crippen LogP contribution < -0.4 is 5.73 Å². The molecule has 1 unspecified atom stereocenters. The molecule has 0 fully saturated rings. The number of hydrogen-bond donors (Lipinski definition) is 1. The van der Waals surface area contributed by atoms with Gasteiger partial charge in [-0.05, 0) is 25.6 Å². The summed E-state index contributed by atoms with van der Waals surface area (Å²) in [5.74, 6) is 0. The molecular formula is C12H21N3O. The van der Waals surface area contributed by atoms with Gasteiger partial charge in [-0.2, -0.15) is 0 Å². The highest BCUT2D eigenvalue weighted by atomic mass is 16.5. The fourth-order valence-electron chi connectivity index (χ4n) is 1.64. The van der Waals surface area contributed by atoms with E-state index in [0.717, 1.165) is 17.8 Å². The summed E-state index contributed by atoms with van der Waals surface area (Å²) in [5.41, 5.74) is 7.99. The summed E-state index contributed by atoms with van der Waals surface area (Å²) < 4.78 is 5.06. The standard InChI is InChI=1S/C12H21N3O/c1-10-4-5-11(9-14-10)12(8-13)15(2)6-7-16-3/h4-5,9,12H,6-8,13H2,1-3H3. The molecule has 0 aliphatic heterocycles. The van der Waals surface area contributed by atoms with Gasteiger partial charge in [0, 0.05) is 38.1 Å². The van der Waals surface area contributed by atoms with Crippen LogP contribution in [-0.4, -0.2) is 43.7 Å². The zero-order chi connectivity index (χ0) is 12.0. The molecule has 1 heterocycles. The predicted octanol–water partition coefficient (Wildman–Crippen LogP) is 0.968. The van der Waals surface area contributed by atoms with Crippen LogP contribution in [0.15, 0.2) is 18.3 Å². The van der Waals surface area contributed by atoms with E-state index < -0.39 is 0 Å². The lowest BCUT2D eigenvalue weighted by Crippen LogP contribution is -2.33. The molecule has 1 aromatic heterocycles. The third kappa shape index (κ3) is 3.56. The van der Waals surface area contributed by atoms with Crippen LogP contribution in [0.3, 0.4) is 0 Å². The zero-order valence-corrected chi connectivity index (χ0v) is 10.3. The predicted molar refractivity (Wildman–Crippen MR) is 65.3 cm³/mol. The molecule has 2 N–H and O–H groups in total. The molecule has 0 spiro atoms. The molecule has 1 atom stereocenters. The van der Waals surface area contributed by atoms with Crippen LogP contribution in [0.25, 0.3) is 0 Å². The molecule has 90 valence electrons. The van der Waals surface area contributed by atoms with Crippen LogP contribution in [-0.2, 0) is 4.74 Å². The van der Waals surface area contributed by atoms with E-state index >= 15 is 0 Å². The van der Waals surface area contributed by atoms with Gasteiger partial charge < -0.3 is 10.5 Å². The van der Waals surface area contributed by atoms with Gasteiger partial charge in [-0.25, -0.2) is 0 Å². The van der Waals surface area contributed by atoms with E-state index in [4.69, 9.17) is 10.5 Å². The van der Waals surface area contributed by atoms with E-state index in [1.54, 1.807) is 7.11 Å². The number of aromatic nitrogens is 1. The second-order valence-corrected chi connectivity index (χ2v) is 3.96. The van der Waals surface area contributed by atoms with Crippen LogP contribution in [0.2, 0.25) is 0 Å². The highest BCUT2D eigenvalue weighted by molar-refractivity contribution is 5.17. The number of methoxy groups -OCH3 is 1. The van der Waals surface area contributed by atoms with E-state index in [1.807, 2.05) is 19.2 Å². The van der Waals surface area contributed by atoms with Gasteiger partial charge in [-0.3, -0.25) is 9.88 Å². The third-order valence-corrected chi connectivity index (χ3v) is 2.72. The number of hydrogen-bond acceptors (Lipinski definition) is 4. The average molecular weight is 223 g/mol. The van der Waals surface area contributed by atoms with E-state index in [-0.39, 0.29) is 6.04 Å². The normalized spacial score (nSPS) is 13.1. The highest BCUT2D eigenvalue weighted by Gasteiger charge is 2.14. The maximum Gasteiger partial charge on any atom is 0.0589 e. The van der Waals surface area contributed by atoms with Gasteiger partial charge >= 0.3 is 0 Å². The van der Waals surface area contributed by atoms with Gasteiger partial charge in [-0.15, -0.1) is 0 Å². The monoisotopic (exact) mass is 223 g/mol. The first-order chi connectivity index (χ1) is 7.69. The van der Waals surface area contributed by atoms with Crippen molar-refractivity contribution in [1.29, 1.82) is 0 Å². The van der Waals surface area contributed by atoms with Crippen molar-refractivity contribution >= 4 is 0 Å². The van der Waals surface area contributed by atoms with Gasteiger partial charge in [0.2, 0.25) is 0 Å². The van der Waals surface area contributed by atoms with Crippen molar-refractivity contribution < 1.29 is 4.74 Å². The summed E-state index contributed by atoms with van der Waals surface area (Å²) in [6.45, 7) is 4.15. The maximum absolute atomic E-state index is 5.81. The minimum absolute atomic E-state index is 0.211. The molecular weight excluding hydrogens is 202 g/mol. The van der Waals surface area contributed by atoms with Crippen molar-refractivity contribution in [3.8, 4) is 0 Å². The number of pyridine rings is 1. The van der Waals surface area contributed by atoms with Crippen LogP contribution in [0.5, 0.6) is 0 Å². The quantitative estimate of drug-likeness (QED) is 0.780. The number of likely N-dealkylation sites (N-methyl/N-ethyl adjacent to an activating group) is 1. The molecule has 0 aliphatic rings. The Bertz CT molecular complexity index is 300. The van der Waals surface area contributed by atoms with Gasteiger partial charge in [0.1, 0.15) is 0 Å². The Hall–Kier alpha value is -0.970. The number of nitrogens with two attached hydrogens (primary N) is 1. The molecule has 0 radical (unpaired) electrons. The number of aryl methyl sites for hydroxylation is 1. The first kappa shape index (κ1) is 13.1. The minimum atomic E-state index is 0.211. The first-order valence-electron chi connectivity index (χ1n) is 5.50. The molecule has 0 aliphatic carbocycles. The lowest BCUT2D eigenvalue weighted by molar-refractivity contribution is 0.140. The first-order valence-corrected chi connectivity index (χ1v) is 5.50. The van der Waals surface area contributed by atoms with Crippen LogP contribution in [0, 0.1) is 6.92 Å². The molecule has 4 heteroatoms. The topological polar surface area (TPSA) is 51.4 Å². The van der Waals surface area contributed by atoms with Gasteiger partial charge in [0.25, 0.3) is 0 Å². The Morgan fingerprint density at radius 2 is 2.25 bits per heavy atom. The number of ether oxygens (including phenoxy) is 1. The average Bonchev–Trinajstić information content (AvgIpc) is 2.30.